The van der Waals surface area contributed by atoms with Crippen LogP contribution in [0, 0.1) is 5.41 Å². The molecule has 3 aliphatic heterocycles. The van der Waals surface area contributed by atoms with E-state index in [2.05, 4.69) is 35.0 Å². The molecule has 2 bridgehead atoms. The minimum atomic E-state index is -0.856. The van der Waals surface area contributed by atoms with Crippen LogP contribution >= 0.6 is 15.9 Å². The van der Waals surface area contributed by atoms with Crippen molar-refractivity contribution in [3.63, 3.8) is 0 Å². The van der Waals surface area contributed by atoms with Gasteiger partial charge in [-0.25, -0.2) is 0 Å². The van der Waals surface area contributed by atoms with Crippen LogP contribution in [-0.2, 0) is 20.6 Å². The third kappa shape index (κ3) is 2.27. The molecule has 17 heavy (non-hydrogen) atoms. The van der Waals surface area contributed by atoms with Gasteiger partial charge < -0.3 is 14.2 Å². The molecule has 0 spiro atoms. The number of ether oxygens (including phenoxy) is 3. The van der Waals surface area contributed by atoms with Crippen LogP contribution in [0.15, 0.2) is 28.7 Å². The molecule has 0 N–H and O–H groups in total. The summed E-state index contributed by atoms with van der Waals surface area (Å²) in [4.78, 5) is 0. The van der Waals surface area contributed by atoms with Crippen LogP contribution in [-0.4, -0.2) is 25.8 Å². The van der Waals surface area contributed by atoms with E-state index in [1.807, 2.05) is 12.1 Å². The largest absolute Gasteiger partial charge is 0.326 e. The van der Waals surface area contributed by atoms with Gasteiger partial charge in [-0.15, -0.1) is 0 Å². The quantitative estimate of drug-likeness (QED) is 0.840. The molecule has 0 aromatic heterocycles. The molecule has 0 radical (unpaired) electrons. The van der Waals surface area contributed by atoms with Gasteiger partial charge in [0.2, 0.25) is 0 Å². The van der Waals surface area contributed by atoms with Crippen molar-refractivity contribution in [3.05, 3.63) is 34.3 Å². The van der Waals surface area contributed by atoms with Crippen LogP contribution in [0.4, 0.5) is 0 Å². The third-order valence-electron chi connectivity index (χ3n) is 3.26. The summed E-state index contributed by atoms with van der Waals surface area (Å²) in [5.74, 6) is -0.856. The van der Waals surface area contributed by atoms with Gasteiger partial charge in [-0.1, -0.05) is 35.0 Å². The molecule has 0 saturated carbocycles. The number of fused-ring (bicyclic) bond motifs is 3. The maximum absolute atomic E-state index is 5.75. The first-order valence-electron chi connectivity index (χ1n) is 5.76. The number of hydrogen-bond acceptors (Lipinski definition) is 3. The fourth-order valence-electron chi connectivity index (χ4n) is 2.11. The normalized spacial score (nSPS) is 36.1. The van der Waals surface area contributed by atoms with Gasteiger partial charge >= 0.3 is 0 Å². The van der Waals surface area contributed by atoms with Crippen LogP contribution in [0.5, 0.6) is 0 Å². The van der Waals surface area contributed by atoms with E-state index in [0.717, 1.165) is 10.0 Å². The van der Waals surface area contributed by atoms with Gasteiger partial charge in [-0.3, -0.25) is 0 Å². The Morgan fingerprint density at radius 2 is 1.59 bits per heavy atom. The lowest BCUT2D eigenvalue weighted by atomic mass is 9.91. The number of rotatable bonds is 2. The van der Waals surface area contributed by atoms with E-state index >= 15 is 0 Å². The summed E-state index contributed by atoms with van der Waals surface area (Å²) >= 11 is 3.42. The van der Waals surface area contributed by atoms with Gasteiger partial charge in [0.25, 0.3) is 5.97 Å². The van der Waals surface area contributed by atoms with Crippen molar-refractivity contribution in [2.75, 3.05) is 19.8 Å². The van der Waals surface area contributed by atoms with E-state index in [9.17, 15) is 0 Å². The standard InChI is InChI=1S/C13H15BrO3/c1-12-7-15-13(16-8-12,17-9-12)6-10-2-4-11(14)5-3-10/h2-5H,6-9H2,1H3. The van der Waals surface area contributed by atoms with Crippen molar-refractivity contribution in [1.29, 1.82) is 0 Å². The van der Waals surface area contributed by atoms with Crippen molar-refractivity contribution in [2.24, 2.45) is 5.41 Å². The molecule has 0 unspecified atom stereocenters. The molecule has 92 valence electrons. The van der Waals surface area contributed by atoms with E-state index in [-0.39, 0.29) is 5.41 Å². The zero-order valence-electron chi connectivity index (χ0n) is 9.74. The number of hydrogen-bond donors (Lipinski definition) is 0. The van der Waals surface area contributed by atoms with E-state index in [0.29, 0.717) is 26.2 Å². The average Bonchev–Trinajstić information content (AvgIpc) is 2.35. The summed E-state index contributed by atoms with van der Waals surface area (Å²) in [6.45, 7) is 4.26. The number of halogens is 1. The molecule has 3 saturated heterocycles. The smallest absolute Gasteiger partial charge is 0.287 e. The van der Waals surface area contributed by atoms with Gasteiger partial charge in [-0.2, -0.15) is 0 Å². The Morgan fingerprint density at radius 1 is 1.06 bits per heavy atom. The molecule has 3 heterocycles. The van der Waals surface area contributed by atoms with Crippen LogP contribution in [0.3, 0.4) is 0 Å². The van der Waals surface area contributed by atoms with Crippen molar-refractivity contribution in [2.45, 2.75) is 19.3 Å². The SMILES string of the molecule is CC12COC(Cc3ccc(Br)cc3)(OC1)OC2. The molecule has 0 amide bonds. The van der Waals surface area contributed by atoms with Gasteiger partial charge in [0.1, 0.15) is 0 Å². The lowest BCUT2D eigenvalue weighted by Gasteiger charge is -2.50. The molecular weight excluding hydrogens is 284 g/mol. The highest BCUT2D eigenvalue weighted by atomic mass is 79.9. The molecule has 4 rings (SSSR count). The Hall–Kier alpha value is -0.420. The molecule has 0 aliphatic carbocycles. The number of benzene rings is 1. The second-order valence-corrected chi connectivity index (χ2v) is 6.08. The lowest BCUT2D eigenvalue weighted by Crippen LogP contribution is -2.59. The Morgan fingerprint density at radius 3 is 2.12 bits per heavy atom. The zero-order valence-corrected chi connectivity index (χ0v) is 11.3. The molecular formula is C13H15BrO3. The van der Waals surface area contributed by atoms with E-state index < -0.39 is 5.97 Å². The first-order valence-corrected chi connectivity index (χ1v) is 6.55. The summed E-state index contributed by atoms with van der Waals surface area (Å²) < 4.78 is 18.3. The summed E-state index contributed by atoms with van der Waals surface area (Å²) in [5, 5.41) is 0. The highest BCUT2D eigenvalue weighted by Crippen LogP contribution is 2.39. The van der Waals surface area contributed by atoms with Gasteiger partial charge in [0.15, 0.2) is 0 Å². The van der Waals surface area contributed by atoms with Crippen LogP contribution < -0.4 is 0 Å². The minimum Gasteiger partial charge on any atom is -0.326 e. The summed E-state index contributed by atoms with van der Waals surface area (Å²) in [6.07, 6.45) is 0.635. The lowest BCUT2D eigenvalue weighted by molar-refractivity contribution is -0.464. The van der Waals surface area contributed by atoms with Gasteiger partial charge in [0, 0.05) is 9.89 Å². The Labute approximate surface area is 109 Å². The fourth-order valence-corrected chi connectivity index (χ4v) is 2.37. The monoisotopic (exact) mass is 298 g/mol. The van der Waals surface area contributed by atoms with E-state index in [1.165, 1.54) is 0 Å². The summed E-state index contributed by atoms with van der Waals surface area (Å²) in [5.41, 5.74) is 1.18. The van der Waals surface area contributed by atoms with Crippen molar-refractivity contribution in [1.82, 2.24) is 0 Å². The van der Waals surface area contributed by atoms with Crippen molar-refractivity contribution < 1.29 is 14.2 Å². The molecule has 1 aromatic rings. The van der Waals surface area contributed by atoms with Crippen molar-refractivity contribution >= 4 is 15.9 Å². The predicted molar refractivity (Wildman–Crippen MR) is 66.5 cm³/mol. The van der Waals surface area contributed by atoms with Crippen molar-refractivity contribution in [3.8, 4) is 0 Å². The second-order valence-electron chi connectivity index (χ2n) is 5.16. The first kappa shape index (κ1) is 11.7. The zero-order chi connectivity index (χ0) is 11.9. The predicted octanol–water partition coefficient (Wildman–Crippen LogP) is 2.73. The maximum atomic E-state index is 5.75. The fraction of sp³-hybridized carbons (Fsp3) is 0.538. The molecule has 4 heteroatoms. The Balaban J connectivity index is 1.75. The third-order valence-corrected chi connectivity index (χ3v) is 3.78. The summed E-state index contributed by atoms with van der Waals surface area (Å²) in [7, 11) is 0. The maximum Gasteiger partial charge on any atom is 0.287 e. The van der Waals surface area contributed by atoms with E-state index in [4.69, 9.17) is 14.2 Å². The highest BCUT2D eigenvalue weighted by Gasteiger charge is 2.50. The minimum absolute atomic E-state index is 0.0292. The van der Waals surface area contributed by atoms with Crippen LogP contribution in [0.2, 0.25) is 0 Å². The Kier molecular flexibility index (Phi) is 2.78. The molecule has 3 aliphatic rings. The molecule has 3 nitrogen and oxygen atoms in total. The highest BCUT2D eigenvalue weighted by molar-refractivity contribution is 9.10. The Bertz CT molecular complexity index is 391. The summed E-state index contributed by atoms with van der Waals surface area (Å²) in [6, 6.07) is 8.14. The van der Waals surface area contributed by atoms with Gasteiger partial charge in [0.05, 0.1) is 26.2 Å². The van der Waals surface area contributed by atoms with E-state index in [1.54, 1.807) is 0 Å². The average molecular weight is 299 g/mol. The van der Waals surface area contributed by atoms with Crippen LogP contribution in [0.1, 0.15) is 12.5 Å². The molecule has 3 fully saturated rings. The molecule has 1 aromatic carbocycles. The van der Waals surface area contributed by atoms with Gasteiger partial charge in [-0.05, 0) is 17.7 Å². The van der Waals surface area contributed by atoms with Crippen LogP contribution in [0.25, 0.3) is 0 Å². The first-order chi connectivity index (χ1) is 8.09. The topological polar surface area (TPSA) is 27.7 Å². The molecule has 0 atom stereocenters. The second kappa shape index (κ2) is 4.05.